The van der Waals surface area contributed by atoms with Crippen molar-refractivity contribution in [3.63, 3.8) is 0 Å². The van der Waals surface area contributed by atoms with Crippen LogP contribution in [0.2, 0.25) is 0 Å². The summed E-state index contributed by atoms with van der Waals surface area (Å²) >= 11 is 6.51. The second-order valence-corrected chi connectivity index (χ2v) is 10.3. The first-order valence-electron chi connectivity index (χ1n) is 12.2. The van der Waals surface area contributed by atoms with Gasteiger partial charge in [0.1, 0.15) is 11.9 Å². The standard InChI is InChI=1S/C28H29ClFNO5/c1-15-12-22-18(14-19(15)29)26(32)24-25(17-6-4-5-7-20(17)30)31(28(33)27(24)36-22)11-10-16-8-9-21(34-2)23(13-16)35-3/h4-9,13,15,18-19,22,25H,10-12,14H2,1-3H3. The number of amides is 1. The Morgan fingerprint density at radius 2 is 1.83 bits per heavy atom. The lowest BCUT2D eigenvalue weighted by molar-refractivity contribution is -0.136. The Hall–Kier alpha value is -3.06. The van der Waals surface area contributed by atoms with E-state index in [1.165, 1.54) is 6.07 Å². The van der Waals surface area contributed by atoms with Crippen molar-refractivity contribution in [1.29, 1.82) is 0 Å². The lowest BCUT2D eigenvalue weighted by atomic mass is 9.74. The van der Waals surface area contributed by atoms with Crippen molar-refractivity contribution < 1.29 is 28.2 Å². The van der Waals surface area contributed by atoms with Crippen molar-refractivity contribution in [3.8, 4) is 11.5 Å². The molecule has 6 nitrogen and oxygen atoms in total. The minimum atomic E-state index is -0.851. The van der Waals surface area contributed by atoms with Crippen LogP contribution in [0.15, 0.2) is 53.8 Å². The normalized spacial score (nSPS) is 27.5. The summed E-state index contributed by atoms with van der Waals surface area (Å²) in [5, 5.41) is -0.147. The van der Waals surface area contributed by atoms with Gasteiger partial charge in [0.25, 0.3) is 5.91 Å². The number of Topliss-reactive ketones (excluding diaryl/α,β-unsaturated/α-hetero) is 1. The molecule has 0 aromatic heterocycles. The summed E-state index contributed by atoms with van der Waals surface area (Å²) in [6, 6.07) is 11.0. The Kier molecular flexibility index (Phi) is 6.68. The molecule has 2 heterocycles. The average molecular weight is 514 g/mol. The number of alkyl halides is 1. The first-order valence-corrected chi connectivity index (χ1v) is 12.6. The van der Waals surface area contributed by atoms with E-state index in [0.29, 0.717) is 30.8 Å². The summed E-state index contributed by atoms with van der Waals surface area (Å²) in [4.78, 5) is 29.0. The Morgan fingerprint density at radius 1 is 1.08 bits per heavy atom. The molecule has 5 atom stereocenters. The molecule has 0 bridgehead atoms. The summed E-state index contributed by atoms with van der Waals surface area (Å²) in [5.74, 6) is -0.0329. The van der Waals surface area contributed by atoms with Crippen LogP contribution in [0.4, 0.5) is 4.39 Å². The van der Waals surface area contributed by atoms with E-state index >= 15 is 4.39 Å². The maximum absolute atomic E-state index is 15.1. The molecule has 1 aliphatic carbocycles. The SMILES string of the molecule is COc1ccc(CCN2C(=O)C3=C(C(=O)C4CC(Cl)C(C)CC4O3)C2c2ccccc2F)cc1OC. The van der Waals surface area contributed by atoms with Gasteiger partial charge in [-0.1, -0.05) is 31.2 Å². The number of carbonyl (C=O) groups excluding carboxylic acids is 2. The van der Waals surface area contributed by atoms with Gasteiger partial charge in [-0.3, -0.25) is 9.59 Å². The van der Waals surface area contributed by atoms with E-state index in [1.807, 2.05) is 19.1 Å². The molecule has 3 aliphatic rings. The first kappa shape index (κ1) is 24.6. The summed E-state index contributed by atoms with van der Waals surface area (Å²) in [6.45, 7) is 2.29. The predicted molar refractivity (Wildman–Crippen MR) is 133 cm³/mol. The van der Waals surface area contributed by atoms with Gasteiger partial charge in [-0.2, -0.15) is 0 Å². The number of ether oxygens (including phenoxy) is 3. The minimum Gasteiger partial charge on any atom is -0.493 e. The number of carbonyl (C=O) groups is 2. The van der Waals surface area contributed by atoms with Crippen LogP contribution in [-0.4, -0.2) is 48.8 Å². The summed E-state index contributed by atoms with van der Waals surface area (Å²) in [6.07, 6.45) is 1.16. The van der Waals surface area contributed by atoms with Crippen molar-refractivity contribution in [3.05, 3.63) is 70.7 Å². The van der Waals surface area contributed by atoms with Crippen LogP contribution in [0.3, 0.4) is 0 Å². The molecule has 2 aromatic rings. The molecule has 8 heteroatoms. The van der Waals surface area contributed by atoms with Crippen molar-refractivity contribution in [1.82, 2.24) is 4.90 Å². The Labute approximate surface area is 215 Å². The average Bonchev–Trinajstić information content (AvgIpc) is 3.15. The molecule has 1 saturated carbocycles. The van der Waals surface area contributed by atoms with Crippen LogP contribution in [0, 0.1) is 17.7 Å². The molecule has 0 saturated heterocycles. The fourth-order valence-corrected chi connectivity index (χ4v) is 5.90. The van der Waals surface area contributed by atoms with Crippen LogP contribution in [0.5, 0.6) is 11.5 Å². The topological polar surface area (TPSA) is 65.1 Å². The Balaban J connectivity index is 1.49. The zero-order valence-corrected chi connectivity index (χ0v) is 21.3. The lowest BCUT2D eigenvalue weighted by Gasteiger charge is -2.40. The van der Waals surface area contributed by atoms with Crippen molar-refractivity contribution >= 4 is 23.3 Å². The maximum Gasteiger partial charge on any atom is 0.290 e. The van der Waals surface area contributed by atoms with Crippen LogP contribution >= 0.6 is 11.6 Å². The highest BCUT2D eigenvalue weighted by atomic mass is 35.5. The largest absolute Gasteiger partial charge is 0.493 e. The molecular formula is C28H29ClFNO5. The van der Waals surface area contributed by atoms with E-state index in [9.17, 15) is 9.59 Å². The second kappa shape index (κ2) is 9.77. The van der Waals surface area contributed by atoms with E-state index in [-0.39, 0.29) is 46.4 Å². The third-order valence-corrected chi connectivity index (χ3v) is 8.20. The van der Waals surface area contributed by atoms with E-state index < -0.39 is 23.9 Å². The predicted octanol–water partition coefficient (Wildman–Crippen LogP) is 4.84. The zero-order chi connectivity index (χ0) is 25.6. The third-order valence-electron chi connectivity index (χ3n) is 7.59. The number of nitrogens with zero attached hydrogens (tertiary/aromatic N) is 1. The minimum absolute atomic E-state index is 0.0574. The number of benzene rings is 2. The number of methoxy groups -OCH3 is 2. The van der Waals surface area contributed by atoms with Gasteiger partial charge >= 0.3 is 0 Å². The number of ketones is 1. The molecule has 5 rings (SSSR count). The molecule has 1 fully saturated rings. The number of hydrogen-bond acceptors (Lipinski definition) is 5. The highest BCUT2D eigenvalue weighted by Crippen LogP contribution is 2.48. The van der Waals surface area contributed by atoms with E-state index in [2.05, 4.69) is 0 Å². The quantitative estimate of drug-likeness (QED) is 0.517. The highest BCUT2D eigenvalue weighted by Gasteiger charge is 2.53. The van der Waals surface area contributed by atoms with Gasteiger partial charge in [-0.05, 0) is 48.9 Å². The zero-order valence-electron chi connectivity index (χ0n) is 20.5. The molecule has 190 valence electrons. The van der Waals surface area contributed by atoms with Crippen LogP contribution in [0.1, 0.15) is 36.9 Å². The molecule has 0 N–H and O–H groups in total. The van der Waals surface area contributed by atoms with Gasteiger partial charge < -0.3 is 19.1 Å². The van der Waals surface area contributed by atoms with Crippen LogP contribution in [-0.2, 0) is 20.7 Å². The first-order chi connectivity index (χ1) is 17.3. The monoisotopic (exact) mass is 513 g/mol. The number of rotatable bonds is 6. The Morgan fingerprint density at radius 3 is 2.56 bits per heavy atom. The molecule has 2 aromatic carbocycles. The van der Waals surface area contributed by atoms with E-state index in [1.54, 1.807) is 43.4 Å². The molecule has 0 radical (unpaired) electrons. The van der Waals surface area contributed by atoms with Gasteiger partial charge in [0.2, 0.25) is 0 Å². The second-order valence-electron chi connectivity index (χ2n) is 9.70. The van der Waals surface area contributed by atoms with Crippen molar-refractivity contribution in [2.24, 2.45) is 11.8 Å². The van der Waals surface area contributed by atoms with Crippen molar-refractivity contribution in [2.45, 2.75) is 43.7 Å². The molecule has 0 spiro atoms. The smallest absolute Gasteiger partial charge is 0.290 e. The van der Waals surface area contributed by atoms with Crippen LogP contribution in [0.25, 0.3) is 0 Å². The number of halogens is 2. The molecule has 36 heavy (non-hydrogen) atoms. The van der Waals surface area contributed by atoms with Crippen molar-refractivity contribution in [2.75, 3.05) is 20.8 Å². The summed E-state index contributed by atoms with van der Waals surface area (Å²) in [7, 11) is 3.13. The Bertz CT molecular complexity index is 1230. The van der Waals surface area contributed by atoms with Crippen LogP contribution < -0.4 is 9.47 Å². The number of fused-ring (bicyclic) bond motifs is 1. The summed E-state index contributed by atoms with van der Waals surface area (Å²) < 4.78 is 32.0. The van der Waals surface area contributed by atoms with Gasteiger partial charge in [0.15, 0.2) is 23.0 Å². The lowest BCUT2D eigenvalue weighted by Crippen LogP contribution is -2.44. The highest BCUT2D eigenvalue weighted by molar-refractivity contribution is 6.21. The third kappa shape index (κ3) is 4.13. The maximum atomic E-state index is 15.1. The summed E-state index contributed by atoms with van der Waals surface area (Å²) in [5.41, 5.74) is 1.44. The number of hydrogen-bond donors (Lipinski definition) is 0. The van der Waals surface area contributed by atoms with E-state index in [0.717, 1.165) is 5.56 Å². The van der Waals surface area contributed by atoms with Gasteiger partial charge in [0, 0.05) is 17.5 Å². The molecule has 5 unspecified atom stereocenters. The van der Waals surface area contributed by atoms with Gasteiger partial charge in [-0.25, -0.2) is 4.39 Å². The fourth-order valence-electron chi connectivity index (χ4n) is 5.60. The fraction of sp³-hybridized carbons (Fsp3) is 0.429. The molecular weight excluding hydrogens is 485 g/mol. The molecule has 2 aliphatic heterocycles. The molecule has 1 amide bonds. The van der Waals surface area contributed by atoms with E-state index in [4.69, 9.17) is 25.8 Å². The van der Waals surface area contributed by atoms with Gasteiger partial charge in [-0.15, -0.1) is 11.6 Å². The van der Waals surface area contributed by atoms with Gasteiger partial charge in [0.05, 0.1) is 31.8 Å².